The van der Waals surface area contributed by atoms with E-state index in [1.807, 2.05) is 12.1 Å². The molecule has 0 radical (unpaired) electrons. The van der Waals surface area contributed by atoms with Crippen molar-refractivity contribution < 1.29 is 39.7 Å². The van der Waals surface area contributed by atoms with Crippen LogP contribution in [0.2, 0.25) is 0 Å². The minimum absolute atomic E-state index is 0. The molecule has 0 saturated heterocycles. The van der Waals surface area contributed by atoms with E-state index in [1.165, 1.54) is 0 Å². The molecule has 0 N–H and O–H groups in total. The van der Waals surface area contributed by atoms with Gasteiger partial charge in [0.1, 0.15) is 0 Å². The Morgan fingerprint density at radius 1 is 0.565 bits per heavy atom. The molecule has 3 aromatic rings. The molecule has 0 unspecified atom stereocenters. The van der Waals surface area contributed by atoms with Gasteiger partial charge in [-0.25, -0.2) is 0 Å². The fourth-order valence-electron chi connectivity index (χ4n) is 1.68. The number of pyridine rings is 2. The number of nitrogens with zero attached hydrogens (tertiary/aromatic N) is 2. The van der Waals surface area contributed by atoms with Crippen molar-refractivity contribution >= 4 is 21.8 Å². The van der Waals surface area contributed by atoms with Crippen LogP contribution in [0, 0.1) is 26.6 Å². The Labute approximate surface area is 147 Å². The maximum absolute atomic E-state index is 7.50. The molecule has 0 aliphatic heterocycles. The molecular weight excluding hydrogens is 380 g/mol. The molecule has 0 spiro atoms. The van der Waals surface area contributed by atoms with Crippen LogP contribution in [0.4, 0.5) is 0 Å². The molecule has 0 bridgehead atoms. The quantitative estimate of drug-likeness (QED) is 0.256. The van der Waals surface area contributed by atoms with Crippen LogP contribution in [-0.4, -0.2) is 9.97 Å². The largest absolute Gasteiger partial charge is 4.00 e. The molecule has 0 amide bonds. The molecule has 2 heterocycles. The molecule has 7 heteroatoms. The van der Waals surface area contributed by atoms with E-state index in [0.29, 0.717) is 0 Å². The SMILES string of the molecule is [C-]#[O+].[C-]#[O+].[C-]#[O+].[C-]#[O+].[Mo+4].c1cnc2c(c1)ccc1cccnc12. The predicted molar refractivity (Wildman–Crippen MR) is 72.8 cm³/mol. The molecule has 108 valence electrons. The molecule has 2 aromatic heterocycles. The summed E-state index contributed by atoms with van der Waals surface area (Å²) in [7, 11) is 0. The first-order chi connectivity index (χ1) is 10.9. The van der Waals surface area contributed by atoms with Crippen molar-refractivity contribution in [2.75, 3.05) is 0 Å². The fourth-order valence-corrected chi connectivity index (χ4v) is 1.68. The van der Waals surface area contributed by atoms with Crippen LogP contribution < -0.4 is 0 Å². The van der Waals surface area contributed by atoms with E-state index in [-0.39, 0.29) is 21.1 Å². The normalized spacial score (nSPS) is 6.96. The van der Waals surface area contributed by atoms with E-state index in [0.717, 1.165) is 21.8 Å². The smallest absolute Gasteiger partial charge is 0.254 e. The zero-order chi connectivity index (χ0) is 17.4. The summed E-state index contributed by atoms with van der Waals surface area (Å²) >= 11 is 0. The first kappa shape index (κ1) is 25.6. The molecule has 3 rings (SSSR count). The summed E-state index contributed by atoms with van der Waals surface area (Å²) in [5.41, 5.74) is 1.95. The molecule has 1 aromatic carbocycles. The summed E-state index contributed by atoms with van der Waals surface area (Å²) in [6.07, 6.45) is 3.60. The van der Waals surface area contributed by atoms with E-state index in [1.54, 1.807) is 12.4 Å². The second kappa shape index (κ2) is 17.7. The third-order valence-corrected chi connectivity index (χ3v) is 2.34. The van der Waals surface area contributed by atoms with Gasteiger partial charge < -0.3 is 0 Å². The zero-order valence-electron chi connectivity index (χ0n) is 11.6. The summed E-state index contributed by atoms with van der Waals surface area (Å²) < 4.78 is 30.0. The molecule has 0 aliphatic carbocycles. The Balaban J connectivity index is -0.000000394. The van der Waals surface area contributed by atoms with Gasteiger partial charge in [0.2, 0.25) is 0 Å². The average molecular weight is 388 g/mol. The van der Waals surface area contributed by atoms with Crippen LogP contribution in [-0.2, 0) is 39.7 Å². The van der Waals surface area contributed by atoms with E-state index >= 15 is 0 Å². The number of aromatic nitrogens is 2. The Bertz CT molecular complexity index is 703. The molecule has 0 saturated carbocycles. The van der Waals surface area contributed by atoms with Crippen molar-refractivity contribution in [2.24, 2.45) is 0 Å². The molecule has 6 nitrogen and oxygen atoms in total. The molecular formula is C16H8MoN2O4+4. The van der Waals surface area contributed by atoms with Crippen LogP contribution >= 0.6 is 0 Å². The molecule has 0 atom stereocenters. The van der Waals surface area contributed by atoms with Gasteiger partial charge >= 0.3 is 66.3 Å². The topological polar surface area (TPSA) is 105 Å². The fraction of sp³-hybridized carbons (Fsp3) is 0. The number of rotatable bonds is 0. The minimum Gasteiger partial charge on any atom is -0.254 e. The Hall–Kier alpha value is -2.31. The van der Waals surface area contributed by atoms with Crippen molar-refractivity contribution in [3.8, 4) is 0 Å². The predicted octanol–water partition coefficient (Wildman–Crippen LogP) is 2.63. The second-order valence-electron chi connectivity index (χ2n) is 3.22. The van der Waals surface area contributed by atoms with Crippen molar-refractivity contribution in [3.05, 3.63) is 75.4 Å². The minimum atomic E-state index is 0. The average Bonchev–Trinajstić information content (AvgIpc) is 2.68. The first-order valence-corrected chi connectivity index (χ1v) is 5.35. The van der Waals surface area contributed by atoms with Crippen LogP contribution in [0.15, 0.2) is 48.8 Å². The number of fused-ring (bicyclic) bond motifs is 3. The summed E-state index contributed by atoms with van der Waals surface area (Å²) in [5, 5.41) is 2.28. The van der Waals surface area contributed by atoms with Gasteiger partial charge in [0.05, 0.1) is 11.0 Å². The standard InChI is InChI=1S/C12H8N2.4CO.Mo/c1-3-9-5-6-10-4-2-8-14-12(10)11(9)13-7-1;4*1-2;/h1-8H;;;;;/q;;;;;+4. The van der Waals surface area contributed by atoms with Gasteiger partial charge in [-0.05, 0) is 12.1 Å². The zero-order valence-corrected chi connectivity index (χ0v) is 13.6. The van der Waals surface area contributed by atoms with Crippen molar-refractivity contribution in [2.45, 2.75) is 0 Å². The molecule has 23 heavy (non-hydrogen) atoms. The van der Waals surface area contributed by atoms with Crippen LogP contribution in [0.3, 0.4) is 0 Å². The molecule has 0 fully saturated rings. The van der Waals surface area contributed by atoms with Gasteiger partial charge in [-0.15, -0.1) is 0 Å². The van der Waals surface area contributed by atoms with E-state index in [9.17, 15) is 0 Å². The maximum Gasteiger partial charge on any atom is 4.00 e. The van der Waals surface area contributed by atoms with Crippen molar-refractivity contribution in [3.63, 3.8) is 0 Å². The van der Waals surface area contributed by atoms with E-state index in [2.05, 4.69) is 60.8 Å². The Kier molecular flexibility index (Phi) is 19.8. The molecule has 0 aliphatic rings. The number of benzene rings is 1. The number of hydrogen-bond acceptors (Lipinski definition) is 2. The summed E-state index contributed by atoms with van der Waals surface area (Å²) in [6, 6.07) is 12.1. The van der Waals surface area contributed by atoms with E-state index < -0.39 is 0 Å². The van der Waals surface area contributed by atoms with Crippen molar-refractivity contribution in [1.29, 1.82) is 0 Å². The van der Waals surface area contributed by atoms with Gasteiger partial charge in [0, 0.05) is 23.2 Å². The van der Waals surface area contributed by atoms with Gasteiger partial charge in [0.25, 0.3) is 0 Å². The number of hydrogen-bond donors (Lipinski definition) is 0. The summed E-state index contributed by atoms with van der Waals surface area (Å²) in [4.78, 5) is 8.69. The van der Waals surface area contributed by atoms with Crippen LogP contribution in [0.5, 0.6) is 0 Å². The second-order valence-corrected chi connectivity index (χ2v) is 3.22. The third-order valence-electron chi connectivity index (χ3n) is 2.34. The first-order valence-electron chi connectivity index (χ1n) is 5.35. The summed E-state index contributed by atoms with van der Waals surface area (Å²) in [5.74, 6) is 0. The Morgan fingerprint density at radius 3 is 1.17 bits per heavy atom. The third kappa shape index (κ3) is 7.48. The van der Waals surface area contributed by atoms with Crippen molar-refractivity contribution in [1.82, 2.24) is 9.97 Å². The Morgan fingerprint density at radius 2 is 0.870 bits per heavy atom. The maximum atomic E-state index is 7.50. The van der Waals surface area contributed by atoms with Gasteiger partial charge in [-0.2, -0.15) is 0 Å². The van der Waals surface area contributed by atoms with Crippen LogP contribution in [0.1, 0.15) is 0 Å². The van der Waals surface area contributed by atoms with Gasteiger partial charge in [0.15, 0.2) is 0 Å². The van der Waals surface area contributed by atoms with E-state index in [4.69, 9.17) is 18.6 Å². The van der Waals surface area contributed by atoms with Gasteiger partial charge in [-0.3, -0.25) is 9.97 Å². The van der Waals surface area contributed by atoms with Gasteiger partial charge in [-0.1, -0.05) is 24.3 Å². The monoisotopic (exact) mass is 390 g/mol. The van der Waals surface area contributed by atoms with Crippen LogP contribution in [0.25, 0.3) is 21.8 Å². The summed E-state index contributed by atoms with van der Waals surface area (Å²) in [6.45, 7) is 18.0.